The van der Waals surface area contributed by atoms with Crippen molar-refractivity contribution >= 4 is 56.8 Å². The molecule has 30 heavy (non-hydrogen) atoms. The molecule has 0 fully saturated rings. The molecule has 3 aromatic rings. The minimum atomic E-state index is -0.574. The van der Waals surface area contributed by atoms with Crippen molar-refractivity contribution in [1.29, 1.82) is 0 Å². The number of non-ortho nitro benzene ring substituents is 1. The number of nitro benzene ring substituents is 1. The number of hydrogen-bond donors (Lipinski definition) is 0. The predicted molar refractivity (Wildman–Crippen MR) is 114 cm³/mol. The number of benzene rings is 2. The Balaban J connectivity index is 2.02. The summed E-state index contributed by atoms with van der Waals surface area (Å²) in [5.74, 6) is -1.06. The van der Waals surface area contributed by atoms with E-state index < -0.39 is 16.8 Å². The van der Waals surface area contributed by atoms with Crippen molar-refractivity contribution in [2.45, 2.75) is 13.5 Å². The van der Waals surface area contributed by atoms with E-state index in [9.17, 15) is 19.7 Å². The summed E-state index contributed by atoms with van der Waals surface area (Å²) >= 11 is 7.46. The molecular weight excluding hydrogens is 430 g/mol. The highest BCUT2D eigenvalue weighted by Gasteiger charge is 2.14. The fraction of sp³-hybridized carbons (Fsp3) is 0.150. The average molecular weight is 446 g/mol. The SMILES string of the molecule is COC(=O)Cn1c(=NC(=O)/C=C/c2cccc([N+](=O)[O-])c2)sc2ccc(Cl)c(C)c21. The van der Waals surface area contributed by atoms with Crippen molar-refractivity contribution < 1.29 is 19.2 Å². The number of aryl methyl sites for hydroxylation is 1. The number of amides is 1. The third-order valence-corrected chi connectivity index (χ3v) is 5.70. The zero-order chi connectivity index (χ0) is 21.8. The molecule has 1 amide bonds. The van der Waals surface area contributed by atoms with Gasteiger partial charge in [0.25, 0.3) is 11.6 Å². The molecule has 0 unspecified atom stereocenters. The fourth-order valence-electron chi connectivity index (χ4n) is 2.78. The summed E-state index contributed by atoms with van der Waals surface area (Å²) in [6.07, 6.45) is 2.66. The van der Waals surface area contributed by atoms with Crippen molar-refractivity contribution in [3.8, 4) is 0 Å². The maximum Gasteiger partial charge on any atom is 0.325 e. The third-order valence-electron chi connectivity index (χ3n) is 4.25. The van der Waals surface area contributed by atoms with E-state index >= 15 is 0 Å². The highest BCUT2D eigenvalue weighted by molar-refractivity contribution is 7.16. The van der Waals surface area contributed by atoms with Gasteiger partial charge in [-0.15, -0.1) is 0 Å². The molecule has 0 saturated heterocycles. The molecule has 8 nitrogen and oxygen atoms in total. The van der Waals surface area contributed by atoms with Crippen LogP contribution in [0.15, 0.2) is 47.5 Å². The van der Waals surface area contributed by atoms with Gasteiger partial charge in [-0.2, -0.15) is 4.99 Å². The summed E-state index contributed by atoms with van der Waals surface area (Å²) in [5, 5.41) is 11.4. The van der Waals surface area contributed by atoms with Gasteiger partial charge in [0.05, 0.1) is 22.2 Å². The Morgan fingerprint density at radius 3 is 2.80 bits per heavy atom. The van der Waals surface area contributed by atoms with Crippen LogP contribution in [0.3, 0.4) is 0 Å². The largest absolute Gasteiger partial charge is 0.468 e. The minimum Gasteiger partial charge on any atom is -0.468 e. The first-order valence-corrected chi connectivity index (χ1v) is 9.86. The van der Waals surface area contributed by atoms with Crippen LogP contribution in [0.5, 0.6) is 0 Å². The summed E-state index contributed by atoms with van der Waals surface area (Å²) in [4.78, 5) is 39.1. The number of halogens is 1. The second-order valence-corrected chi connectivity index (χ2v) is 7.62. The molecule has 0 aliphatic carbocycles. The first-order valence-electron chi connectivity index (χ1n) is 8.66. The summed E-state index contributed by atoms with van der Waals surface area (Å²) in [7, 11) is 1.28. The van der Waals surface area contributed by atoms with Gasteiger partial charge in [0.1, 0.15) is 6.54 Å². The second kappa shape index (κ2) is 9.02. The zero-order valence-corrected chi connectivity index (χ0v) is 17.6. The lowest BCUT2D eigenvalue weighted by atomic mass is 10.2. The highest BCUT2D eigenvalue weighted by Crippen LogP contribution is 2.27. The lowest BCUT2D eigenvalue weighted by Crippen LogP contribution is -2.22. The highest BCUT2D eigenvalue weighted by atomic mass is 35.5. The number of nitrogens with zero attached hydrogens (tertiary/aromatic N) is 3. The standard InChI is InChI=1S/C20H16ClN3O5S/c1-12-15(21)7-8-16-19(12)23(11-18(26)29-2)20(30-16)22-17(25)9-6-13-4-3-5-14(10-13)24(27)28/h3-10H,11H2,1-2H3/b9-6+,22-20?. The number of esters is 1. The van der Waals surface area contributed by atoms with Crippen LogP contribution in [0, 0.1) is 17.0 Å². The Bertz CT molecular complexity index is 1260. The number of carbonyl (C=O) groups is 2. The maximum atomic E-state index is 12.4. The van der Waals surface area contributed by atoms with Gasteiger partial charge in [-0.1, -0.05) is 35.1 Å². The third kappa shape index (κ3) is 4.64. The van der Waals surface area contributed by atoms with Crippen LogP contribution in [0.1, 0.15) is 11.1 Å². The van der Waals surface area contributed by atoms with Crippen LogP contribution in [-0.2, 0) is 20.9 Å². The molecule has 3 rings (SSSR count). The van der Waals surface area contributed by atoms with Crippen molar-refractivity contribution in [3.05, 3.63) is 73.5 Å². The van der Waals surface area contributed by atoms with Gasteiger partial charge in [0.2, 0.25) is 0 Å². The Morgan fingerprint density at radius 2 is 2.10 bits per heavy atom. The van der Waals surface area contributed by atoms with E-state index in [0.717, 1.165) is 10.3 Å². The average Bonchev–Trinajstić information content (AvgIpc) is 3.06. The maximum absolute atomic E-state index is 12.4. The summed E-state index contributed by atoms with van der Waals surface area (Å²) in [6.45, 7) is 1.69. The van der Waals surface area contributed by atoms with E-state index in [-0.39, 0.29) is 12.2 Å². The van der Waals surface area contributed by atoms with E-state index in [2.05, 4.69) is 4.99 Å². The smallest absolute Gasteiger partial charge is 0.325 e. The van der Waals surface area contributed by atoms with Gasteiger partial charge in [0.15, 0.2) is 4.80 Å². The molecular formula is C20H16ClN3O5S. The van der Waals surface area contributed by atoms with E-state index in [1.54, 1.807) is 22.8 Å². The summed E-state index contributed by atoms with van der Waals surface area (Å²) in [5.41, 5.74) is 1.88. The van der Waals surface area contributed by atoms with Crippen LogP contribution < -0.4 is 4.80 Å². The van der Waals surface area contributed by atoms with Crippen LogP contribution in [0.2, 0.25) is 5.02 Å². The number of aromatic nitrogens is 1. The van der Waals surface area contributed by atoms with Gasteiger partial charge >= 0.3 is 5.97 Å². The van der Waals surface area contributed by atoms with E-state index in [4.69, 9.17) is 16.3 Å². The summed E-state index contributed by atoms with van der Waals surface area (Å²) in [6, 6.07) is 9.43. The molecule has 0 spiro atoms. The Morgan fingerprint density at radius 1 is 1.33 bits per heavy atom. The monoisotopic (exact) mass is 445 g/mol. The van der Waals surface area contributed by atoms with Gasteiger partial charge in [-0.05, 0) is 36.3 Å². The first-order chi connectivity index (χ1) is 14.3. The van der Waals surface area contributed by atoms with Crippen molar-refractivity contribution in [2.24, 2.45) is 4.99 Å². The zero-order valence-electron chi connectivity index (χ0n) is 16.0. The second-order valence-electron chi connectivity index (χ2n) is 6.20. The molecule has 10 heteroatoms. The van der Waals surface area contributed by atoms with Crippen molar-refractivity contribution in [1.82, 2.24) is 4.57 Å². The number of rotatable bonds is 5. The van der Waals surface area contributed by atoms with E-state index in [1.165, 1.54) is 48.8 Å². The molecule has 0 atom stereocenters. The first kappa shape index (κ1) is 21.4. The number of methoxy groups -OCH3 is 1. The lowest BCUT2D eigenvalue weighted by molar-refractivity contribution is -0.384. The lowest BCUT2D eigenvalue weighted by Gasteiger charge is -2.06. The molecule has 2 aromatic carbocycles. The number of fused-ring (bicyclic) bond motifs is 1. The van der Waals surface area contributed by atoms with Crippen molar-refractivity contribution in [3.63, 3.8) is 0 Å². The van der Waals surface area contributed by atoms with Gasteiger partial charge in [-0.3, -0.25) is 19.7 Å². The number of hydrogen-bond acceptors (Lipinski definition) is 6. The van der Waals surface area contributed by atoms with Crippen LogP contribution >= 0.6 is 22.9 Å². The molecule has 0 radical (unpaired) electrons. The topological polar surface area (TPSA) is 104 Å². The molecule has 0 saturated carbocycles. The Labute approximate surface area is 179 Å². The van der Waals surface area contributed by atoms with Crippen LogP contribution in [0.4, 0.5) is 5.69 Å². The van der Waals surface area contributed by atoms with Crippen LogP contribution in [-0.4, -0.2) is 28.5 Å². The molecule has 0 bridgehead atoms. The quantitative estimate of drug-likeness (QED) is 0.256. The summed E-state index contributed by atoms with van der Waals surface area (Å²) < 4.78 is 7.16. The van der Waals surface area contributed by atoms with Gasteiger partial charge in [0, 0.05) is 23.2 Å². The molecule has 0 aliphatic heterocycles. The van der Waals surface area contributed by atoms with Crippen LogP contribution in [0.25, 0.3) is 16.3 Å². The van der Waals surface area contributed by atoms with Gasteiger partial charge in [-0.25, -0.2) is 0 Å². The number of carbonyl (C=O) groups excluding carboxylic acids is 2. The molecule has 154 valence electrons. The normalized spacial score (nSPS) is 11.9. The number of ether oxygens (including phenoxy) is 1. The molecule has 1 heterocycles. The molecule has 1 aromatic heterocycles. The van der Waals surface area contributed by atoms with E-state index in [1.807, 2.05) is 6.92 Å². The minimum absolute atomic E-state index is 0.0747. The van der Waals surface area contributed by atoms with Crippen molar-refractivity contribution in [2.75, 3.05) is 7.11 Å². The van der Waals surface area contributed by atoms with E-state index in [0.29, 0.717) is 20.9 Å². The Kier molecular flexibility index (Phi) is 6.43. The number of thiazole rings is 1. The molecule has 0 aliphatic rings. The fourth-order valence-corrected chi connectivity index (χ4v) is 4.03. The number of nitro groups is 1. The van der Waals surface area contributed by atoms with Gasteiger partial charge < -0.3 is 9.30 Å². The molecule has 0 N–H and O–H groups in total. The predicted octanol–water partition coefficient (Wildman–Crippen LogP) is 3.89. The Hall–Kier alpha value is -3.30.